The molecule has 3 rings (SSSR count). The Balaban J connectivity index is 1.66. The Morgan fingerprint density at radius 1 is 1.36 bits per heavy atom. The molecule has 0 fully saturated rings. The Labute approximate surface area is 150 Å². The van der Waals surface area contributed by atoms with E-state index in [1.165, 1.54) is 22.8 Å². The number of nitrogens with one attached hydrogen (secondary N) is 1. The summed E-state index contributed by atoms with van der Waals surface area (Å²) in [5.41, 5.74) is 0.986. The highest BCUT2D eigenvalue weighted by Crippen LogP contribution is 2.34. The van der Waals surface area contributed by atoms with Gasteiger partial charge in [-0.1, -0.05) is 31.7 Å². The van der Waals surface area contributed by atoms with E-state index in [0.29, 0.717) is 24.1 Å². The molecule has 0 saturated heterocycles. The van der Waals surface area contributed by atoms with E-state index in [4.69, 9.17) is 15.3 Å². The van der Waals surface area contributed by atoms with Gasteiger partial charge in [0.2, 0.25) is 11.1 Å². The predicted molar refractivity (Wildman–Crippen MR) is 94.1 cm³/mol. The summed E-state index contributed by atoms with van der Waals surface area (Å²) in [7, 11) is 0. The zero-order valence-electron chi connectivity index (χ0n) is 14.1. The van der Waals surface area contributed by atoms with Crippen LogP contribution in [0.3, 0.4) is 0 Å². The van der Waals surface area contributed by atoms with Crippen LogP contribution in [0.25, 0.3) is 0 Å². The molecule has 1 aromatic heterocycles. The van der Waals surface area contributed by atoms with Crippen LogP contribution in [0.4, 0.5) is 0 Å². The molecule has 2 heterocycles. The zero-order valence-corrected chi connectivity index (χ0v) is 15.0. The van der Waals surface area contributed by atoms with E-state index in [1.807, 2.05) is 18.2 Å². The molecule has 3 N–H and O–H groups in total. The van der Waals surface area contributed by atoms with E-state index < -0.39 is 0 Å². The molecule has 0 unspecified atom stereocenters. The Bertz CT molecular complexity index is 749. The molecule has 134 valence electrons. The van der Waals surface area contributed by atoms with Crippen LogP contribution in [-0.2, 0) is 4.79 Å². The number of fused-ring (bicyclic) bond motifs is 1. The molecule has 9 heteroatoms. The number of hydrogen-bond acceptors (Lipinski definition) is 7. The van der Waals surface area contributed by atoms with Crippen molar-refractivity contribution in [2.45, 2.75) is 25.0 Å². The van der Waals surface area contributed by atoms with Gasteiger partial charge >= 0.3 is 0 Å². The average molecular weight is 363 g/mol. The van der Waals surface area contributed by atoms with Gasteiger partial charge < -0.3 is 20.6 Å². The number of nitrogen functional groups attached to an aromatic ring is 1. The van der Waals surface area contributed by atoms with Crippen molar-refractivity contribution in [3.8, 4) is 11.5 Å². The number of carbonyl (C=O) groups excluding carboxylic acids is 1. The van der Waals surface area contributed by atoms with Crippen molar-refractivity contribution in [2.24, 2.45) is 5.92 Å². The summed E-state index contributed by atoms with van der Waals surface area (Å²) in [4.78, 5) is 12.3. The van der Waals surface area contributed by atoms with Crippen molar-refractivity contribution in [1.29, 1.82) is 0 Å². The number of benzene rings is 1. The topological polar surface area (TPSA) is 104 Å². The number of amides is 1. The van der Waals surface area contributed by atoms with Gasteiger partial charge in [0.15, 0.2) is 11.5 Å². The second-order valence-corrected chi connectivity index (χ2v) is 6.94. The molecule has 2 aromatic rings. The largest absolute Gasteiger partial charge is 0.486 e. The summed E-state index contributed by atoms with van der Waals surface area (Å²) in [5.74, 6) is 7.43. The summed E-state index contributed by atoms with van der Waals surface area (Å²) >= 11 is 1.24. The van der Waals surface area contributed by atoms with E-state index in [2.05, 4.69) is 29.4 Å². The number of hydrogen-bond donors (Lipinski definition) is 2. The molecule has 0 spiro atoms. The van der Waals surface area contributed by atoms with Crippen molar-refractivity contribution in [2.75, 3.05) is 24.8 Å². The van der Waals surface area contributed by atoms with Crippen LogP contribution in [0.5, 0.6) is 11.5 Å². The first kappa shape index (κ1) is 17.4. The van der Waals surface area contributed by atoms with E-state index in [9.17, 15) is 4.79 Å². The molecule has 0 aliphatic carbocycles. The molecular weight excluding hydrogens is 342 g/mol. The second-order valence-electron chi connectivity index (χ2n) is 6.00. The number of thioether (sulfide) groups is 1. The SMILES string of the molecule is CC(C)[C@@H](NC(=O)CSc1nncn1N)c1ccc2c(c1)OCCO2. The normalized spacial score (nSPS) is 14.4. The molecule has 1 amide bonds. The first-order valence-corrected chi connectivity index (χ1v) is 9.00. The summed E-state index contributed by atoms with van der Waals surface area (Å²) in [6.45, 7) is 5.21. The van der Waals surface area contributed by atoms with Crippen LogP contribution >= 0.6 is 11.8 Å². The van der Waals surface area contributed by atoms with Gasteiger partial charge in [0.05, 0.1) is 11.8 Å². The Morgan fingerprint density at radius 2 is 2.12 bits per heavy atom. The van der Waals surface area contributed by atoms with Crippen LogP contribution in [0.15, 0.2) is 29.7 Å². The van der Waals surface area contributed by atoms with Gasteiger partial charge in [-0.25, -0.2) is 4.68 Å². The average Bonchev–Trinajstić information content (AvgIpc) is 3.02. The third kappa shape index (κ3) is 4.16. The predicted octanol–water partition coefficient (Wildman–Crippen LogP) is 1.37. The first-order chi connectivity index (χ1) is 12.0. The molecule has 0 saturated carbocycles. The van der Waals surface area contributed by atoms with Crippen LogP contribution in [0.1, 0.15) is 25.5 Å². The Kier molecular flexibility index (Phi) is 5.32. The highest BCUT2D eigenvalue weighted by molar-refractivity contribution is 7.99. The van der Waals surface area contributed by atoms with Crippen LogP contribution in [0, 0.1) is 5.92 Å². The lowest BCUT2D eigenvalue weighted by molar-refractivity contribution is -0.119. The molecule has 25 heavy (non-hydrogen) atoms. The first-order valence-electron chi connectivity index (χ1n) is 8.01. The maximum atomic E-state index is 12.3. The van der Waals surface area contributed by atoms with Gasteiger partial charge in [-0.2, -0.15) is 0 Å². The number of rotatable bonds is 6. The molecule has 1 aromatic carbocycles. The third-order valence-corrected chi connectivity index (χ3v) is 4.74. The smallest absolute Gasteiger partial charge is 0.230 e. The van der Waals surface area contributed by atoms with E-state index >= 15 is 0 Å². The van der Waals surface area contributed by atoms with Gasteiger partial charge in [-0.3, -0.25) is 4.79 Å². The van der Waals surface area contributed by atoms with Gasteiger partial charge in [0.25, 0.3) is 0 Å². The van der Waals surface area contributed by atoms with E-state index in [1.54, 1.807) is 0 Å². The minimum Gasteiger partial charge on any atom is -0.486 e. The fourth-order valence-electron chi connectivity index (χ4n) is 2.57. The maximum absolute atomic E-state index is 12.3. The minimum atomic E-state index is -0.125. The monoisotopic (exact) mass is 363 g/mol. The van der Waals surface area contributed by atoms with Crippen LogP contribution < -0.4 is 20.6 Å². The number of nitrogens with two attached hydrogens (primary N) is 1. The van der Waals surface area contributed by atoms with Gasteiger partial charge in [0, 0.05) is 0 Å². The summed E-state index contributed by atoms with van der Waals surface area (Å²) in [6, 6.07) is 5.65. The third-order valence-electron chi connectivity index (χ3n) is 3.78. The Morgan fingerprint density at radius 3 is 2.80 bits per heavy atom. The molecular formula is C16H21N5O3S. The summed E-state index contributed by atoms with van der Waals surface area (Å²) < 4.78 is 12.5. The number of nitrogens with zero attached hydrogens (tertiary/aromatic N) is 3. The summed E-state index contributed by atoms with van der Waals surface area (Å²) in [6.07, 6.45) is 1.40. The molecule has 0 bridgehead atoms. The van der Waals surface area contributed by atoms with Crippen LogP contribution in [0.2, 0.25) is 0 Å². The molecule has 1 aliphatic rings. The highest BCUT2D eigenvalue weighted by Gasteiger charge is 2.21. The van der Waals surface area contributed by atoms with Crippen molar-refractivity contribution in [1.82, 2.24) is 20.2 Å². The second kappa shape index (κ2) is 7.64. The van der Waals surface area contributed by atoms with E-state index in [-0.39, 0.29) is 23.6 Å². The number of ether oxygens (including phenoxy) is 2. The molecule has 0 radical (unpaired) electrons. The van der Waals surface area contributed by atoms with E-state index in [0.717, 1.165) is 11.3 Å². The van der Waals surface area contributed by atoms with Crippen molar-refractivity contribution >= 4 is 17.7 Å². The lowest BCUT2D eigenvalue weighted by atomic mass is 9.95. The lowest BCUT2D eigenvalue weighted by Gasteiger charge is -2.25. The number of carbonyl (C=O) groups is 1. The fourth-order valence-corrected chi connectivity index (χ4v) is 3.21. The van der Waals surface area contributed by atoms with Crippen molar-refractivity contribution < 1.29 is 14.3 Å². The van der Waals surface area contributed by atoms with Gasteiger partial charge in [-0.05, 0) is 23.6 Å². The maximum Gasteiger partial charge on any atom is 0.230 e. The van der Waals surface area contributed by atoms with Gasteiger partial charge in [-0.15, -0.1) is 10.2 Å². The van der Waals surface area contributed by atoms with Gasteiger partial charge in [0.1, 0.15) is 19.5 Å². The van der Waals surface area contributed by atoms with Crippen LogP contribution in [-0.4, -0.2) is 39.7 Å². The quantitative estimate of drug-likeness (QED) is 0.590. The number of aromatic nitrogens is 3. The summed E-state index contributed by atoms with van der Waals surface area (Å²) in [5, 5.41) is 11.1. The lowest BCUT2D eigenvalue weighted by Crippen LogP contribution is -2.33. The van der Waals surface area contributed by atoms with Crippen molar-refractivity contribution in [3.63, 3.8) is 0 Å². The molecule has 1 aliphatic heterocycles. The highest BCUT2D eigenvalue weighted by atomic mass is 32.2. The standard InChI is InChI=1S/C16H21N5O3S/c1-10(2)15(11-3-4-12-13(7-11)24-6-5-23-12)19-14(22)8-25-16-20-18-9-21(16)17/h3-4,7,9-10,15H,5-6,8,17H2,1-2H3,(H,19,22)/t15-/m1/s1. The molecule has 8 nitrogen and oxygen atoms in total. The Hall–Kier alpha value is -2.42. The molecule has 1 atom stereocenters. The zero-order chi connectivity index (χ0) is 17.8. The minimum absolute atomic E-state index is 0.0958. The van der Waals surface area contributed by atoms with Crippen molar-refractivity contribution in [3.05, 3.63) is 30.1 Å². The fraction of sp³-hybridized carbons (Fsp3) is 0.438.